The van der Waals surface area contributed by atoms with E-state index in [1.165, 1.54) is 7.11 Å². The number of carbonyl (C=O) groups is 2. The summed E-state index contributed by atoms with van der Waals surface area (Å²) in [4.78, 5) is 24.9. The molecule has 0 aromatic carbocycles. The van der Waals surface area contributed by atoms with Crippen LogP contribution in [0.5, 0.6) is 0 Å². The smallest absolute Gasteiger partial charge is 0.410 e. The molecular weight excluding hydrogens is 222 g/mol. The van der Waals surface area contributed by atoms with Gasteiger partial charge in [0.2, 0.25) is 0 Å². The monoisotopic (exact) mass is 243 g/mol. The molecule has 2 atom stereocenters. The summed E-state index contributed by atoms with van der Waals surface area (Å²) in [6, 6.07) is -0.169. The minimum absolute atomic E-state index is 0.169. The Labute approximate surface area is 102 Å². The fourth-order valence-corrected chi connectivity index (χ4v) is 1.98. The molecule has 0 N–H and O–H groups in total. The molecule has 0 unspecified atom stereocenters. The summed E-state index contributed by atoms with van der Waals surface area (Å²) in [7, 11) is 1.37. The Balaban J connectivity index is 2.64. The van der Waals surface area contributed by atoms with E-state index in [-0.39, 0.29) is 24.0 Å². The van der Waals surface area contributed by atoms with E-state index in [0.29, 0.717) is 13.0 Å². The van der Waals surface area contributed by atoms with E-state index in [2.05, 4.69) is 0 Å². The first kappa shape index (κ1) is 13.8. The average Bonchev–Trinajstić information content (AvgIpc) is 2.56. The van der Waals surface area contributed by atoms with Crippen LogP contribution in [0.1, 0.15) is 34.1 Å². The number of carbonyl (C=O) groups excluding carboxylic acids is 2. The number of methoxy groups -OCH3 is 1. The first-order chi connectivity index (χ1) is 7.76. The van der Waals surface area contributed by atoms with Crippen molar-refractivity contribution in [2.75, 3.05) is 13.7 Å². The van der Waals surface area contributed by atoms with Crippen molar-refractivity contribution in [3.05, 3.63) is 0 Å². The Bertz CT molecular complexity index is 308. The van der Waals surface area contributed by atoms with Gasteiger partial charge in [0.15, 0.2) is 0 Å². The van der Waals surface area contributed by atoms with E-state index >= 15 is 0 Å². The molecule has 1 aliphatic heterocycles. The highest BCUT2D eigenvalue weighted by Crippen LogP contribution is 2.26. The lowest BCUT2D eigenvalue weighted by molar-refractivity contribution is -0.145. The summed E-state index contributed by atoms with van der Waals surface area (Å²) < 4.78 is 10.0. The second-order valence-electron chi connectivity index (χ2n) is 5.33. The van der Waals surface area contributed by atoms with E-state index in [1.807, 2.05) is 27.7 Å². The summed E-state index contributed by atoms with van der Waals surface area (Å²) in [6.07, 6.45) is 0.268. The lowest BCUT2D eigenvalue weighted by Gasteiger charge is -2.27. The molecule has 5 nitrogen and oxygen atoms in total. The fourth-order valence-electron chi connectivity index (χ4n) is 1.98. The summed E-state index contributed by atoms with van der Waals surface area (Å²) in [5, 5.41) is 0. The van der Waals surface area contributed by atoms with Crippen molar-refractivity contribution in [1.29, 1.82) is 0 Å². The second kappa shape index (κ2) is 4.94. The Morgan fingerprint density at radius 3 is 2.35 bits per heavy atom. The maximum atomic E-state index is 11.9. The first-order valence-electron chi connectivity index (χ1n) is 5.83. The van der Waals surface area contributed by atoms with Crippen LogP contribution in [0, 0.1) is 5.92 Å². The topological polar surface area (TPSA) is 55.8 Å². The van der Waals surface area contributed by atoms with E-state index in [1.54, 1.807) is 4.90 Å². The zero-order valence-corrected chi connectivity index (χ0v) is 11.1. The first-order valence-corrected chi connectivity index (χ1v) is 5.83. The largest absolute Gasteiger partial charge is 0.469 e. The number of rotatable bonds is 1. The van der Waals surface area contributed by atoms with Crippen molar-refractivity contribution >= 4 is 12.1 Å². The maximum Gasteiger partial charge on any atom is 0.410 e. The van der Waals surface area contributed by atoms with Gasteiger partial charge in [-0.2, -0.15) is 0 Å². The van der Waals surface area contributed by atoms with Gasteiger partial charge in [0.1, 0.15) is 5.60 Å². The molecule has 0 saturated carbocycles. The van der Waals surface area contributed by atoms with Gasteiger partial charge in [0, 0.05) is 12.6 Å². The molecule has 0 aromatic rings. The lowest BCUT2D eigenvalue weighted by atomic mass is 10.0. The third kappa shape index (κ3) is 3.35. The van der Waals surface area contributed by atoms with Gasteiger partial charge in [-0.3, -0.25) is 4.79 Å². The number of hydrogen-bond donors (Lipinski definition) is 0. The Hall–Kier alpha value is -1.26. The predicted molar refractivity (Wildman–Crippen MR) is 62.5 cm³/mol. The predicted octanol–water partition coefficient (Wildman–Crippen LogP) is 1.80. The van der Waals surface area contributed by atoms with Gasteiger partial charge in [-0.15, -0.1) is 0 Å². The van der Waals surface area contributed by atoms with E-state index < -0.39 is 5.60 Å². The molecule has 0 aromatic heterocycles. The van der Waals surface area contributed by atoms with Crippen LogP contribution in [-0.2, 0) is 14.3 Å². The molecule has 17 heavy (non-hydrogen) atoms. The summed E-state index contributed by atoms with van der Waals surface area (Å²) in [5.74, 6) is -0.504. The number of ether oxygens (including phenoxy) is 2. The number of likely N-dealkylation sites (tertiary alicyclic amines) is 1. The number of esters is 1. The van der Waals surface area contributed by atoms with Crippen LogP contribution in [0.15, 0.2) is 0 Å². The van der Waals surface area contributed by atoms with E-state index in [4.69, 9.17) is 9.47 Å². The minimum atomic E-state index is -0.514. The molecule has 1 amide bonds. The van der Waals surface area contributed by atoms with Crippen molar-refractivity contribution in [2.24, 2.45) is 5.92 Å². The van der Waals surface area contributed by atoms with E-state index in [0.717, 1.165) is 0 Å². The van der Waals surface area contributed by atoms with Crippen molar-refractivity contribution in [3.63, 3.8) is 0 Å². The Kier molecular flexibility index (Phi) is 4.01. The van der Waals surface area contributed by atoms with Gasteiger partial charge in [-0.1, -0.05) is 0 Å². The molecule has 0 radical (unpaired) electrons. The maximum absolute atomic E-state index is 11.9. The van der Waals surface area contributed by atoms with E-state index in [9.17, 15) is 9.59 Å². The normalized spacial score (nSPS) is 24.6. The fraction of sp³-hybridized carbons (Fsp3) is 0.833. The highest BCUT2D eigenvalue weighted by Gasteiger charge is 2.40. The zero-order chi connectivity index (χ0) is 13.2. The quantitative estimate of drug-likeness (QED) is 0.659. The SMILES string of the molecule is COC(=O)[C@H]1CCN(C(=O)OC(C)(C)C)[C@H]1C. The molecule has 0 bridgehead atoms. The van der Waals surface area contributed by atoms with Crippen LogP contribution in [0.25, 0.3) is 0 Å². The molecule has 98 valence electrons. The van der Waals surface area contributed by atoms with Gasteiger partial charge in [0.25, 0.3) is 0 Å². The molecular formula is C12H21NO4. The Morgan fingerprint density at radius 1 is 1.29 bits per heavy atom. The van der Waals surface area contributed by atoms with Crippen LogP contribution < -0.4 is 0 Å². The van der Waals surface area contributed by atoms with Crippen molar-refractivity contribution < 1.29 is 19.1 Å². The number of amides is 1. The van der Waals surface area contributed by atoms with Crippen LogP contribution in [0.3, 0.4) is 0 Å². The molecule has 1 saturated heterocycles. The van der Waals surface area contributed by atoms with Crippen LogP contribution in [0.2, 0.25) is 0 Å². The average molecular weight is 243 g/mol. The van der Waals surface area contributed by atoms with Crippen LogP contribution in [0.4, 0.5) is 4.79 Å². The van der Waals surface area contributed by atoms with Gasteiger partial charge < -0.3 is 14.4 Å². The summed E-state index contributed by atoms with van der Waals surface area (Å²) in [6.45, 7) is 7.85. The van der Waals surface area contributed by atoms with Gasteiger partial charge in [0.05, 0.1) is 13.0 Å². The standard InChI is InChI=1S/C12H21NO4/c1-8-9(10(14)16-5)6-7-13(8)11(15)17-12(2,3)4/h8-9H,6-7H2,1-5H3/t8-,9-/m0/s1. The number of hydrogen-bond acceptors (Lipinski definition) is 4. The third-order valence-electron chi connectivity index (χ3n) is 2.89. The lowest BCUT2D eigenvalue weighted by Crippen LogP contribution is -2.41. The molecule has 1 heterocycles. The highest BCUT2D eigenvalue weighted by atomic mass is 16.6. The second-order valence-corrected chi connectivity index (χ2v) is 5.33. The third-order valence-corrected chi connectivity index (χ3v) is 2.89. The highest BCUT2D eigenvalue weighted by molar-refractivity contribution is 5.76. The Morgan fingerprint density at radius 2 is 1.88 bits per heavy atom. The minimum Gasteiger partial charge on any atom is -0.469 e. The van der Waals surface area contributed by atoms with Gasteiger partial charge in [-0.25, -0.2) is 4.79 Å². The molecule has 5 heteroatoms. The molecule has 1 aliphatic rings. The molecule has 0 spiro atoms. The molecule has 1 rings (SSSR count). The molecule has 1 fully saturated rings. The van der Waals surface area contributed by atoms with Gasteiger partial charge >= 0.3 is 12.1 Å². The zero-order valence-electron chi connectivity index (χ0n) is 11.1. The van der Waals surface area contributed by atoms with Crippen molar-refractivity contribution in [1.82, 2.24) is 4.90 Å². The van der Waals surface area contributed by atoms with Gasteiger partial charge in [-0.05, 0) is 34.1 Å². The number of nitrogens with zero attached hydrogens (tertiary/aromatic N) is 1. The summed E-state index contributed by atoms with van der Waals surface area (Å²) in [5.41, 5.74) is -0.514. The molecule has 0 aliphatic carbocycles. The van der Waals surface area contributed by atoms with Crippen molar-refractivity contribution in [2.45, 2.75) is 45.8 Å². The van der Waals surface area contributed by atoms with Crippen LogP contribution in [-0.4, -0.2) is 42.3 Å². The van der Waals surface area contributed by atoms with Crippen molar-refractivity contribution in [3.8, 4) is 0 Å². The summed E-state index contributed by atoms with van der Waals surface area (Å²) >= 11 is 0. The van der Waals surface area contributed by atoms with Crippen LogP contribution >= 0.6 is 0 Å².